The minimum Gasteiger partial charge on any atom is -0.340 e. The summed E-state index contributed by atoms with van der Waals surface area (Å²) in [7, 11) is 0. The van der Waals surface area contributed by atoms with E-state index in [9.17, 15) is 0 Å². The van der Waals surface area contributed by atoms with Gasteiger partial charge in [-0.05, 0) is 64.6 Å². The van der Waals surface area contributed by atoms with Crippen LogP contribution >= 0.6 is 0 Å². The van der Waals surface area contributed by atoms with Crippen LogP contribution in [-0.2, 0) is 5.41 Å². The molecule has 160 valence electrons. The first-order valence-corrected chi connectivity index (χ1v) is 11.2. The number of fused-ring (bicyclic) bond motifs is 3. The lowest BCUT2D eigenvalue weighted by molar-refractivity contribution is 0.767. The van der Waals surface area contributed by atoms with Crippen LogP contribution in [0, 0.1) is 0 Å². The van der Waals surface area contributed by atoms with Crippen molar-refractivity contribution < 1.29 is 0 Å². The molecule has 0 spiro atoms. The molecule has 1 aromatic heterocycles. The Kier molecular flexibility index (Phi) is 5.50. The second-order valence-electron chi connectivity index (χ2n) is 8.12. The highest BCUT2D eigenvalue weighted by Crippen LogP contribution is 2.57. The summed E-state index contributed by atoms with van der Waals surface area (Å²) >= 11 is 0. The van der Waals surface area contributed by atoms with Crippen LogP contribution in [-0.4, -0.2) is 4.98 Å². The molecule has 0 bridgehead atoms. The average molecular weight is 427 g/mol. The number of anilines is 2. The number of nitrogens with zero attached hydrogens (tertiary/aromatic N) is 1. The molecule has 0 fully saturated rings. The largest absolute Gasteiger partial charge is 0.340 e. The van der Waals surface area contributed by atoms with E-state index in [4.69, 9.17) is 0 Å². The number of allylic oxidation sites excluding steroid dienone is 5. The molecule has 0 saturated heterocycles. The number of hydrogen-bond acceptors (Lipinski definition) is 2. The van der Waals surface area contributed by atoms with E-state index in [1.807, 2.05) is 24.3 Å². The van der Waals surface area contributed by atoms with Crippen molar-refractivity contribution in [1.82, 2.24) is 4.98 Å². The maximum absolute atomic E-state index is 4.45. The highest BCUT2D eigenvalue weighted by Gasteiger charge is 2.46. The molecule has 1 atom stereocenters. The first-order chi connectivity index (χ1) is 16.3. The number of benzene rings is 3. The summed E-state index contributed by atoms with van der Waals surface area (Å²) in [6.45, 7) is 6.10. The quantitative estimate of drug-likeness (QED) is 0.318. The van der Waals surface area contributed by atoms with E-state index in [-0.39, 0.29) is 0 Å². The Labute approximate surface area is 195 Å². The van der Waals surface area contributed by atoms with Gasteiger partial charge in [-0.25, -0.2) is 4.98 Å². The maximum atomic E-state index is 4.45. The van der Waals surface area contributed by atoms with Crippen LogP contribution in [0.4, 0.5) is 11.5 Å². The van der Waals surface area contributed by atoms with Gasteiger partial charge < -0.3 is 5.32 Å². The molecule has 1 unspecified atom stereocenters. The normalized spacial score (nSPS) is 16.9. The van der Waals surface area contributed by atoms with Crippen molar-refractivity contribution in [2.75, 3.05) is 5.32 Å². The van der Waals surface area contributed by atoms with Gasteiger partial charge in [0.05, 0.1) is 5.41 Å². The summed E-state index contributed by atoms with van der Waals surface area (Å²) in [5.41, 5.74) is 8.04. The van der Waals surface area contributed by atoms with E-state index in [1.54, 1.807) is 6.20 Å². The highest BCUT2D eigenvalue weighted by molar-refractivity contribution is 5.88. The Hall–Kier alpha value is -4.17. The molecule has 0 radical (unpaired) electrons. The molecular formula is C31H26N2. The second kappa shape index (κ2) is 8.76. The van der Waals surface area contributed by atoms with Crippen LogP contribution in [0.15, 0.2) is 134 Å². The van der Waals surface area contributed by atoms with Crippen molar-refractivity contribution in [1.29, 1.82) is 0 Å². The lowest BCUT2D eigenvalue weighted by Gasteiger charge is -2.35. The van der Waals surface area contributed by atoms with E-state index < -0.39 is 5.41 Å². The smallest absolute Gasteiger partial charge is 0.130 e. The van der Waals surface area contributed by atoms with Gasteiger partial charge in [-0.1, -0.05) is 97.6 Å². The summed E-state index contributed by atoms with van der Waals surface area (Å²) in [6, 6.07) is 32.0. The Morgan fingerprint density at radius 1 is 0.848 bits per heavy atom. The van der Waals surface area contributed by atoms with Crippen LogP contribution in [0.2, 0.25) is 0 Å². The van der Waals surface area contributed by atoms with E-state index in [0.29, 0.717) is 0 Å². The zero-order valence-corrected chi connectivity index (χ0v) is 18.7. The predicted octanol–water partition coefficient (Wildman–Crippen LogP) is 7.83. The second-order valence-corrected chi connectivity index (χ2v) is 8.12. The summed E-state index contributed by atoms with van der Waals surface area (Å²) in [4.78, 5) is 4.45. The van der Waals surface area contributed by atoms with E-state index in [0.717, 1.165) is 11.5 Å². The Balaban J connectivity index is 1.83. The Morgan fingerprint density at radius 2 is 1.61 bits per heavy atom. The number of pyridine rings is 1. The zero-order valence-electron chi connectivity index (χ0n) is 18.7. The number of rotatable bonds is 6. The molecule has 1 N–H and O–H groups in total. The standard InChI is InChI=1S/C31H26N2/c1-3-12-23(13-4-2)31(24-14-6-5-7-15-24)28-17-9-8-16-26(28)27-20-19-25(22-29(27)31)33-30-18-10-11-21-32-30/h3-22H,1H2,2H3,(H,32,33)/b13-4-,23-12+. The van der Waals surface area contributed by atoms with Crippen molar-refractivity contribution in [3.63, 3.8) is 0 Å². The van der Waals surface area contributed by atoms with E-state index >= 15 is 0 Å². The van der Waals surface area contributed by atoms with Gasteiger partial charge in [0.15, 0.2) is 0 Å². The number of nitrogens with one attached hydrogen (secondary N) is 1. The van der Waals surface area contributed by atoms with Gasteiger partial charge in [0.2, 0.25) is 0 Å². The average Bonchev–Trinajstić information content (AvgIpc) is 3.16. The minimum atomic E-state index is -0.449. The molecule has 0 amide bonds. The highest BCUT2D eigenvalue weighted by atomic mass is 15.0. The van der Waals surface area contributed by atoms with Gasteiger partial charge in [0.25, 0.3) is 0 Å². The van der Waals surface area contributed by atoms with Crippen LogP contribution in [0.5, 0.6) is 0 Å². The minimum absolute atomic E-state index is 0.449. The predicted molar refractivity (Wildman–Crippen MR) is 139 cm³/mol. The summed E-state index contributed by atoms with van der Waals surface area (Å²) in [6.07, 6.45) is 10.1. The molecule has 4 aromatic rings. The van der Waals surface area contributed by atoms with Gasteiger partial charge >= 0.3 is 0 Å². The molecule has 5 rings (SSSR count). The first kappa shape index (κ1) is 20.7. The number of hydrogen-bond donors (Lipinski definition) is 1. The third-order valence-electron chi connectivity index (χ3n) is 6.27. The van der Waals surface area contributed by atoms with Crippen LogP contribution in [0.3, 0.4) is 0 Å². The Morgan fingerprint density at radius 3 is 2.36 bits per heavy atom. The van der Waals surface area contributed by atoms with Crippen LogP contribution in [0.25, 0.3) is 11.1 Å². The van der Waals surface area contributed by atoms with Gasteiger partial charge in [-0.2, -0.15) is 0 Å². The molecule has 2 heteroatoms. The summed E-state index contributed by atoms with van der Waals surface area (Å²) in [5.74, 6) is 0.827. The van der Waals surface area contributed by atoms with Crippen molar-refractivity contribution in [3.05, 3.63) is 150 Å². The molecule has 0 aliphatic heterocycles. The van der Waals surface area contributed by atoms with Crippen molar-refractivity contribution in [2.24, 2.45) is 0 Å². The summed E-state index contributed by atoms with van der Waals surface area (Å²) < 4.78 is 0. The molecular weight excluding hydrogens is 400 g/mol. The van der Waals surface area contributed by atoms with Crippen molar-refractivity contribution in [2.45, 2.75) is 12.3 Å². The lowest BCUT2D eigenvalue weighted by Crippen LogP contribution is -2.29. The van der Waals surface area contributed by atoms with Gasteiger partial charge in [-0.15, -0.1) is 0 Å². The molecule has 1 aliphatic carbocycles. The van der Waals surface area contributed by atoms with Gasteiger partial charge in [-0.3, -0.25) is 0 Å². The van der Waals surface area contributed by atoms with Crippen LogP contribution < -0.4 is 5.32 Å². The molecule has 0 saturated carbocycles. The first-order valence-electron chi connectivity index (χ1n) is 11.2. The maximum Gasteiger partial charge on any atom is 0.130 e. The zero-order chi connectivity index (χ0) is 22.7. The Bertz CT molecular complexity index is 1350. The number of aromatic nitrogens is 1. The third-order valence-corrected chi connectivity index (χ3v) is 6.27. The van der Waals surface area contributed by atoms with Crippen molar-refractivity contribution >= 4 is 11.5 Å². The van der Waals surface area contributed by atoms with Crippen LogP contribution in [0.1, 0.15) is 23.6 Å². The fourth-order valence-corrected chi connectivity index (χ4v) is 5.03. The molecule has 1 aliphatic rings. The van der Waals surface area contributed by atoms with E-state index in [1.165, 1.54) is 33.4 Å². The monoisotopic (exact) mass is 426 g/mol. The fourth-order valence-electron chi connectivity index (χ4n) is 5.03. The third kappa shape index (κ3) is 3.41. The van der Waals surface area contributed by atoms with Gasteiger partial charge in [0.1, 0.15) is 5.82 Å². The van der Waals surface area contributed by atoms with Gasteiger partial charge in [0, 0.05) is 11.9 Å². The molecule has 1 heterocycles. The SMILES string of the molecule is C=C/C=C(\C=C/C)C1(c2ccccc2)c2ccccc2-c2ccc(Nc3ccccn3)cc21. The van der Waals surface area contributed by atoms with Crippen molar-refractivity contribution in [3.8, 4) is 11.1 Å². The molecule has 3 aromatic carbocycles. The lowest BCUT2D eigenvalue weighted by atomic mass is 9.67. The topological polar surface area (TPSA) is 24.9 Å². The molecule has 33 heavy (non-hydrogen) atoms. The van der Waals surface area contributed by atoms with E-state index in [2.05, 4.69) is 115 Å². The summed E-state index contributed by atoms with van der Waals surface area (Å²) in [5, 5.41) is 3.48. The fraction of sp³-hybridized carbons (Fsp3) is 0.0645. The molecule has 2 nitrogen and oxygen atoms in total.